The Morgan fingerprint density at radius 2 is 2.00 bits per heavy atom. The number of aromatic nitrogens is 3. The first kappa shape index (κ1) is 21.3. The lowest BCUT2D eigenvalue weighted by atomic mass is 10.1. The minimum Gasteiger partial charge on any atom is -0.376 e. The minimum absolute atomic E-state index is 0.00990. The number of nitrogens with one attached hydrogen (secondary N) is 1. The van der Waals surface area contributed by atoms with Crippen molar-refractivity contribution < 1.29 is 9.53 Å². The molecule has 1 aromatic carbocycles. The van der Waals surface area contributed by atoms with Gasteiger partial charge in [0.25, 0.3) is 0 Å². The third kappa shape index (κ3) is 5.42. The van der Waals surface area contributed by atoms with Gasteiger partial charge in [0.2, 0.25) is 5.91 Å². The smallest absolute Gasteiger partial charge is 0.233 e. The van der Waals surface area contributed by atoms with Crippen LogP contribution in [0.4, 0.5) is 0 Å². The second kappa shape index (κ2) is 10.4. The molecule has 0 aliphatic carbocycles. The monoisotopic (exact) mass is 429 g/mol. The zero-order valence-corrected chi connectivity index (χ0v) is 18.4. The second-order valence-electron chi connectivity index (χ2n) is 8.05. The van der Waals surface area contributed by atoms with E-state index in [-0.39, 0.29) is 17.3 Å². The van der Waals surface area contributed by atoms with Gasteiger partial charge in [-0.1, -0.05) is 36.4 Å². The van der Waals surface area contributed by atoms with Crippen molar-refractivity contribution in [3.8, 4) is 5.69 Å². The molecule has 2 aromatic rings. The maximum atomic E-state index is 12.6. The average molecular weight is 430 g/mol. The normalized spacial score (nSPS) is 20.9. The summed E-state index contributed by atoms with van der Waals surface area (Å²) < 4.78 is 7.70. The Bertz CT molecular complexity index is 816. The van der Waals surface area contributed by atoms with Gasteiger partial charge in [0.15, 0.2) is 11.0 Å². The van der Waals surface area contributed by atoms with E-state index in [0.717, 1.165) is 55.8 Å². The molecule has 4 rings (SSSR count). The van der Waals surface area contributed by atoms with Gasteiger partial charge in [0.1, 0.15) is 0 Å². The van der Waals surface area contributed by atoms with E-state index >= 15 is 0 Å². The van der Waals surface area contributed by atoms with Crippen molar-refractivity contribution >= 4 is 17.7 Å². The number of para-hydroxylation sites is 1. The first-order valence-corrected chi connectivity index (χ1v) is 11.9. The highest BCUT2D eigenvalue weighted by Crippen LogP contribution is 2.27. The van der Waals surface area contributed by atoms with Crippen molar-refractivity contribution in [2.75, 3.05) is 26.2 Å². The molecule has 1 amide bonds. The molecule has 7 nitrogen and oxygen atoms in total. The number of benzene rings is 1. The van der Waals surface area contributed by atoms with Crippen LogP contribution in [0, 0.1) is 0 Å². The third-order valence-electron chi connectivity index (χ3n) is 5.71. The van der Waals surface area contributed by atoms with Crippen molar-refractivity contribution in [1.29, 1.82) is 0 Å². The van der Waals surface area contributed by atoms with E-state index in [9.17, 15) is 4.79 Å². The summed E-state index contributed by atoms with van der Waals surface area (Å²) in [6.45, 7) is 6.28. The Kier molecular flexibility index (Phi) is 7.41. The molecular formula is C22H31N5O2S. The van der Waals surface area contributed by atoms with E-state index in [4.69, 9.17) is 4.74 Å². The summed E-state index contributed by atoms with van der Waals surface area (Å²) in [7, 11) is 0. The molecule has 2 aliphatic heterocycles. The number of carbonyl (C=O) groups excluding carboxylic acids is 1. The Balaban J connectivity index is 1.46. The number of hydrogen-bond donors (Lipinski definition) is 1. The number of nitrogens with zero attached hydrogens (tertiary/aromatic N) is 4. The molecule has 162 valence electrons. The van der Waals surface area contributed by atoms with Gasteiger partial charge < -0.3 is 10.1 Å². The number of carbonyl (C=O) groups is 1. The van der Waals surface area contributed by atoms with Gasteiger partial charge in [0, 0.05) is 18.8 Å². The fourth-order valence-corrected chi connectivity index (χ4v) is 4.92. The molecular weight excluding hydrogens is 398 g/mol. The highest BCUT2D eigenvalue weighted by Gasteiger charge is 2.24. The lowest BCUT2D eigenvalue weighted by Crippen LogP contribution is -2.36. The Morgan fingerprint density at radius 1 is 1.20 bits per heavy atom. The van der Waals surface area contributed by atoms with Crippen LogP contribution in [0.3, 0.4) is 0 Å². The number of hydrogen-bond acceptors (Lipinski definition) is 6. The van der Waals surface area contributed by atoms with Crippen LogP contribution in [0.1, 0.15) is 44.9 Å². The summed E-state index contributed by atoms with van der Waals surface area (Å²) in [6, 6.07) is 10.2. The lowest BCUT2D eigenvalue weighted by Gasteiger charge is -2.26. The maximum Gasteiger partial charge on any atom is 0.233 e. The molecule has 0 unspecified atom stereocenters. The summed E-state index contributed by atoms with van der Waals surface area (Å²) in [6.07, 6.45) is 6.03. The van der Waals surface area contributed by atoms with Crippen molar-refractivity contribution in [1.82, 2.24) is 25.0 Å². The van der Waals surface area contributed by atoms with Crippen LogP contribution in [0.15, 0.2) is 35.5 Å². The molecule has 0 spiro atoms. The molecule has 8 heteroatoms. The molecule has 0 radical (unpaired) electrons. The Labute approximate surface area is 182 Å². The quantitative estimate of drug-likeness (QED) is 0.651. The topological polar surface area (TPSA) is 72.3 Å². The summed E-state index contributed by atoms with van der Waals surface area (Å²) in [5.41, 5.74) is 1.03. The molecule has 2 fully saturated rings. The van der Waals surface area contributed by atoms with E-state index in [1.54, 1.807) is 0 Å². The molecule has 2 aliphatic rings. The predicted molar refractivity (Wildman–Crippen MR) is 118 cm³/mol. The standard InChI is InChI=1S/C22H31N5O2S/c1-17(21(28)23-15-19-11-8-14-29-19)30-22-25-24-20(16-26-12-6-3-7-13-26)27(22)18-9-4-2-5-10-18/h2,4-5,9-10,17,19H,3,6-8,11-16H2,1H3,(H,23,28)/t17-,19+/m0/s1. The van der Waals surface area contributed by atoms with Crippen molar-refractivity contribution in [2.24, 2.45) is 0 Å². The summed E-state index contributed by atoms with van der Waals surface area (Å²) in [4.78, 5) is 15.1. The largest absolute Gasteiger partial charge is 0.376 e. The fourth-order valence-electron chi connectivity index (χ4n) is 4.01. The Hall–Kier alpha value is -1.90. The lowest BCUT2D eigenvalue weighted by molar-refractivity contribution is -0.120. The van der Waals surface area contributed by atoms with Gasteiger partial charge in [-0.25, -0.2) is 0 Å². The maximum absolute atomic E-state index is 12.6. The molecule has 2 saturated heterocycles. The minimum atomic E-state index is -0.263. The highest BCUT2D eigenvalue weighted by molar-refractivity contribution is 8.00. The van der Waals surface area contributed by atoms with Gasteiger partial charge >= 0.3 is 0 Å². The number of rotatable bonds is 8. The molecule has 2 atom stereocenters. The molecule has 0 bridgehead atoms. The van der Waals surface area contributed by atoms with Crippen LogP contribution in [0.25, 0.3) is 5.69 Å². The number of thioether (sulfide) groups is 1. The summed E-state index contributed by atoms with van der Waals surface area (Å²) >= 11 is 1.46. The van der Waals surface area contributed by atoms with Crippen LogP contribution in [0.2, 0.25) is 0 Å². The summed E-state index contributed by atoms with van der Waals surface area (Å²) in [5, 5.41) is 12.5. The average Bonchev–Trinajstić information content (AvgIpc) is 3.43. The number of ether oxygens (including phenoxy) is 1. The van der Waals surface area contributed by atoms with Crippen LogP contribution in [-0.2, 0) is 16.1 Å². The van der Waals surface area contributed by atoms with Gasteiger partial charge in [0.05, 0.1) is 17.9 Å². The van der Waals surface area contributed by atoms with Crippen molar-refractivity contribution in [2.45, 2.75) is 62.1 Å². The molecule has 3 heterocycles. The molecule has 1 aromatic heterocycles. The van der Waals surface area contributed by atoms with Crippen LogP contribution < -0.4 is 5.32 Å². The first-order chi connectivity index (χ1) is 14.7. The first-order valence-electron chi connectivity index (χ1n) is 11.0. The van der Waals surface area contributed by atoms with Crippen molar-refractivity contribution in [3.05, 3.63) is 36.2 Å². The van der Waals surface area contributed by atoms with Crippen LogP contribution in [0.5, 0.6) is 0 Å². The van der Waals surface area contributed by atoms with Gasteiger partial charge in [-0.05, 0) is 57.8 Å². The zero-order valence-electron chi connectivity index (χ0n) is 17.6. The second-order valence-corrected chi connectivity index (χ2v) is 9.35. The van der Waals surface area contributed by atoms with Gasteiger partial charge in [-0.15, -0.1) is 10.2 Å². The van der Waals surface area contributed by atoms with Gasteiger partial charge in [-0.2, -0.15) is 0 Å². The van der Waals surface area contributed by atoms with E-state index in [1.807, 2.05) is 25.1 Å². The number of piperidine rings is 1. The van der Waals surface area contributed by atoms with E-state index in [0.29, 0.717) is 6.54 Å². The SMILES string of the molecule is C[C@H](Sc1nnc(CN2CCCCC2)n1-c1ccccc1)C(=O)NC[C@H]1CCCO1. The zero-order chi connectivity index (χ0) is 20.8. The van der Waals surface area contributed by atoms with E-state index < -0.39 is 0 Å². The fraction of sp³-hybridized carbons (Fsp3) is 0.591. The van der Waals surface area contributed by atoms with Crippen LogP contribution >= 0.6 is 11.8 Å². The predicted octanol–water partition coefficient (Wildman–Crippen LogP) is 3.03. The van der Waals surface area contributed by atoms with Gasteiger partial charge in [-0.3, -0.25) is 14.3 Å². The summed E-state index contributed by atoms with van der Waals surface area (Å²) in [5.74, 6) is 0.938. The number of amides is 1. The Morgan fingerprint density at radius 3 is 2.73 bits per heavy atom. The van der Waals surface area contributed by atoms with Crippen LogP contribution in [-0.4, -0.2) is 63.2 Å². The van der Waals surface area contributed by atoms with E-state index in [2.05, 4.69) is 37.1 Å². The molecule has 30 heavy (non-hydrogen) atoms. The third-order valence-corrected chi connectivity index (χ3v) is 6.75. The molecule has 0 saturated carbocycles. The molecule has 1 N–H and O–H groups in total. The highest BCUT2D eigenvalue weighted by atomic mass is 32.2. The number of likely N-dealkylation sites (tertiary alicyclic amines) is 1. The van der Waals surface area contributed by atoms with E-state index in [1.165, 1.54) is 31.0 Å². The van der Waals surface area contributed by atoms with Crippen molar-refractivity contribution in [3.63, 3.8) is 0 Å².